The molecule has 0 saturated carbocycles. The maximum Gasteiger partial charge on any atom is 0.341 e. The maximum absolute atomic E-state index is 13.2. The molecule has 1 fully saturated rings. The molecular formula is C19H26N2O7. The zero-order chi connectivity index (χ0) is 20.3. The van der Waals surface area contributed by atoms with Gasteiger partial charge in [-0.3, -0.25) is 9.59 Å². The van der Waals surface area contributed by atoms with E-state index in [0.29, 0.717) is 45.8 Å². The van der Waals surface area contributed by atoms with Gasteiger partial charge in [0.05, 0.1) is 25.4 Å². The number of fused-ring (bicyclic) bond motifs is 2. The summed E-state index contributed by atoms with van der Waals surface area (Å²) in [6.07, 6.45) is 3.40. The summed E-state index contributed by atoms with van der Waals surface area (Å²) < 4.78 is 18.0. The molecule has 1 spiro atoms. The van der Waals surface area contributed by atoms with E-state index in [1.165, 1.54) is 6.20 Å². The van der Waals surface area contributed by atoms with E-state index in [4.69, 9.17) is 14.2 Å². The zero-order valence-electron chi connectivity index (χ0n) is 16.2. The summed E-state index contributed by atoms with van der Waals surface area (Å²) >= 11 is 0. The molecule has 9 nitrogen and oxygen atoms in total. The first kappa shape index (κ1) is 20.3. The van der Waals surface area contributed by atoms with Crippen LogP contribution in [-0.2, 0) is 15.0 Å². The molecule has 3 rings (SSSR count). The third kappa shape index (κ3) is 3.51. The van der Waals surface area contributed by atoms with Crippen molar-refractivity contribution in [3.63, 3.8) is 0 Å². The van der Waals surface area contributed by atoms with E-state index in [2.05, 4.69) is 0 Å². The van der Waals surface area contributed by atoms with Gasteiger partial charge < -0.3 is 28.8 Å². The molecule has 154 valence electrons. The second kappa shape index (κ2) is 8.32. The number of ether oxygens (including phenoxy) is 3. The molecule has 0 bridgehead atoms. The second-order valence-corrected chi connectivity index (χ2v) is 7.17. The van der Waals surface area contributed by atoms with Crippen LogP contribution in [0.4, 0.5) is 0 Å². The van der Waals surface area contributed by atoms with Gasteiger partial charge in [0.15, 0.2) is 11.4 Å². The number of methoxy groups -OCH3 is 1. The molecule has 1 unspecified atom stereocenters. The summed E-state index contributed by atoms with van der Waals surface area (Å²) in [4.78, 5) is 39.3. The van der Waals surface area contributed by atoms with Crippen molar-refractivity contribution < 1.29 is 28.9 Å². The van der Waals surface area contributed by atoms with Crippen molar-refractivity contribution in [3.8, 4) is 5.75 Å². The number of hydrogen-bond donors (Lipinski definition) is 1. The van der Waals surface area contributed by atoms with E-state index < -0.39 is 22.5 Å². The number of carboxylic acid groups (broad SMARTS) is 1. The molecule has 0 radical (unpaired) electrons. The highest BCUT2D eigenvalue weighted by atomic mass is 16.5. The van der Waals surface area contributed by atoms with Crippen molar-refractivity contribution in [1.29, 1.82) is 0 Å². The highest BCUT2D eigenvalue weighted by Crippen LogP contribution is 2.36. The number of carbonyl (C=O) groups excluding carboxylic acids is 1. The molecule has 1 atom stereocenters. The Morgan fingerprint density at radius 1 is 1.36 bits per heavy atom. The Labute approximate surface area is 162 Å². The lowest BCUT2D eigenvalue weighted by Gasteiger charge is -2.43. The van der Waals surface area contributed by atoms with Gasteiger partial charge in [0.2, 0.25) is 5.43 Å². The van der Waals surface area contributed by atoms with Crippen molar-refractivity contribution in [2.75, 3.05) is 46.6 Å². The van der Waals surface area contributed by atoms with Crippen LogP contribution in [0.5, 0.6) is 5.75 Å². The number of unbranched alkanes of at least 4 members (excludes halogenated alkanes) is 1. The minimum Gasteiger partial charge on any atom is -0.487 e. The summed E-state index contributed by atoms with van der Waals surface area (Å²) in [5.41, 5.74) is -1.71. The van der Waals surface area contributed by atoms with E-state index in [0.717, 1.165) is 6.42 Å². The molecule has 1 aromatic rings. The summed E-state index contributed by atoms with van der Waals surface area (Å²) in [5.74, 6) is -1.90. The van der Waals surface area contributed by atoms with Gasteiger partial charge in [-0.2, -0.15) is 0 Å². The first-order chi connectivity index (χ1) is 13.4. The standard InChI is InChI=1S/C19H26N2O7/c1-3-4-7-28-16-14-17(23)20(6-9-26-2)11-19(5-8-27-12-19)21(14)10-13(15(16)22)18(24)25/h10H,3-9,11-12H2,1-2H3,(H,24,25). The van der Waals surface area contributed by atoms with Crippen LogP contribution in [-0.4, -0.2) is 73.1 Å². The van der Waals surface area contributed by atoms with Gasteiger partial charge in [0, 0.05) is 33.0 Å². The smallest absolute Gasteiger partial charge is 0.341 e. The number of nitrogens with zero attached hydrogens (tertiary/aromatic N) is 2. The van der Waals surface area contributed by atoms with Crippen molar-refractivity contribution in [3.05, 3.63) is 27.7 Å². The third-order valence-electron chi connectivity index (χ3n) is 5.27. The van der Waals surface area contributed by atoms with Crippen LogP contribution in [0, 0.1) is 0 Å². The van der Waals surface area contributed by atoms with Crippen LogP contribution in [0.2, 0.25) is 0 Å². The van der Waals surface area contributed by atoms with E-state index in [1.807, 2.05) is 6.92 Å². The fraction of sp³-hybridized carbons (Fsp3) is 0.632. The first-order valence-corrected chi connectivity index (χ1v) is 9.47. The van der Waals surface area contributed by atoms with Gasteiger partial charge in [0.1, 0.15) is 5.56 Å². The van der Waals surface area contributed by atoms with Crippen molar-refractivity contribution in [2.45, 2.75) is 31.7 Å². The fourth-order valence-corrected chi connectivity index (χ4v) is 3.72. The Kier molecular flexibility index (Phi) is 6.04. The lowest BCUT2D eigenvalue weighted by Crippen LogP contribution is -2.56. The highest BCUT2D eigenvalue weighted by Gasteiger charge is 2.47. The van der Waals surface area contributed by atoms with Crippen LogP contribution >= 0.6 is 0 Å². The Bertz CT molecular complexity index is 811. The van der Waals surface area contributed by atoms with Gasteiger partial charge in [-0.05, 0) is 12.8 Å². The summed E-state index contributed by atoms with van der Waals surface area (Å²) in [5, 5.41) is 9.52. The van der Waals surface area contributed by atoms with Crippen LogP contribution in [0.25, 0.3) is 0 Å². The highest BCUT2D eigenvalue weighted by molar-refractivity contribution is 5.98. The van der Waals surface area contributed by atoms with E-state index in [9.17, 15) is 19.5 Å². The minimum atomic E-state index is -1.34. The molecule has 1 saturated heterocycles. The summed E-state index contributed by atoms with van der Waals surface area (Å²) in [7, 11) is 1.56. The Morgan fingerprint density at radius 3 is 2.75 bits per heavy atom. The van der Waals surface area contributed by atoms with Crippen LogP contribution in [0.1, 0.15) is 47.0 Å². The van der Waals surface area contributed by atoms with Gasteiger partial charge in [-0.1, -0.05) is 13.3 Å². The number of hydrogen-bond acceptors (Lipinski definition) is 6. The number of rotatable bonds is 8. The molecule has 0 aliphatic carbocycles. The normalized spacial score (nSPS) is 21.2. The topological polar surface area (TPSA) is 107 Å². The molecule has 0 aromatic carbocycles. The predicted octanol–water partition coefficient (Wildman–Crippen LogP) is 0.943. The largest absolute Gasteiger partial charge is 0.487 e. The van der Waals surface area contributed by atoms with Gasteiger partial charge in [0.25, 0.3) is 5.91 Å². The quantitative estimate of drug-likeness (QED) is 0.654. The van der Waals surface area contributed by atoms with E-state index >= 15 is 0 Å². The van der Waals surface area contributed by atoms with Crippen LogP contribution in [0.15, 0.2) is 11.0 Å². The Hall–Kier alpha value is -2.39. The zero-order valence-corrected chi connectivity index (χ0v) is 16.2. The second-order valence-electron chi connectivity index (χ2n) is 7.17. The predicted molar refractivity (Wildman–Crippen MR) is 99.3 cm³/mol. The molecule has 28 heavy (non-hydrogen) atoms. The van der Waals surface area contributed by atoms with Crippen LogP contribution in [0.3, 0.4) is 0 Å². The summed E-state index contributed by atoms with van der Waals surface area (Å²) in [6, 6.07) is 0. The number of aromatic nitrogens is 1. The number of pyridine rings is 1. The maximum atomic E-state index is 13.2. The summed E-state index contributed by atoms with van der Waals surface area (Å²) in [6.45, 7) is 4.10. The molecule has 2 aliphatic rings. The molecule has 3 heterocycles. The minimum absolute atomic E-state index is 0.0963. The number of aromatic carboxylic acids is 1. The number of carboxylic acids is 1. The van der Waals surface area contributed by atoms with Crippen molar-refractivity contribution in [2.24, 2.45) is 0 Å². The molecular weight excluding hydrogens is 368 g/mol. The number of amides is 1. The lowest BCUT2D eigenvalue weighted by molar-refractivity contribution is 0.0418. The van der Waals surface area contributed by atoms with Gasteiger partial charge >= 0.3 is 5.97 Å². The SMILES string of the molecule is CCCCOc1c2n(cc(C(=O)O)c1=O)C1(CCOC1)CN(CCOC)C2=O. The van der Waals surface area contributed by atoms with Crippen LogP contribution < -0.4 is 10.2 Å². The molecule has 9 heteroatoms. The molecule has 1 N–H and O–H groups in total. The molecule has 1 aromatic heterocycles. The first-order valence-electron chi connectivity index (χ1n) is 9.47. The van der Waals surface area contributed by atoms with Gasteiger partial charge in [-0.25, -0.2) is 4.79 Å². The average molecular weight is 394 g/mol. The lowest BCUT2D eigenvalue weighted by atomic mass is 9.92. The molecule has 2 aliphatic heterocycles. The van der Waals surface area contributed by atoms with Crippen molar-refractivity contribution >= 4 is 11.9 Å². The Balaban J connectivity index is 2.18. The Morgan fingerprint density at radius 2 is 2.14 bits per heavy atom. The van der Waals surface area contributed by atoms with E-state index in [1.54, 1.807) is 16.6 Å². The third-order valence-corrected chi connectivity index (χ3v) is 5.27. The van der Waals surface area contributed by atoms with Crippen molar-refractivity contribution in [1.82, 2.24) is 9.47 Å². The van der Waals surface area contributed by atoms with E-state index in [-0.39, 0.29) is 24.0 Å². The van der Waals surface area contributed by atoms with Gasteiger partial charge in [-0.15, -0.1) is 0 Å². The number of carbonyl (C=O) groups is 2. The monoisotopic (exact) mass is 394 g/mol. The average Bonchev–Trinajstić information content (AvgIpc) is 3.13. The molecule has 1 amide bonds. The fourth-order valence-electron chi connectivity index (χ4n) is 3.72.